The number of hydrogen-bond donors (Lipinski definition) is 2. The van der Waals surface area contributed by atoms with Gasteiger partial charge < -0.3 is 15.4 Å². The molecule has 0 spiro atoms. The van der Waals surface area contributed by atoms with Gasteiger partial charge in [0.15, 0.2) is 0 Å². The largest absolute Gasteiger partial charge is 0.426 e. The Morgan fingerprint density at radius 2 is 1.83 bits per heavy atom. The normalized spacial score (nSPS) is 15.9. The van der Waals surface area contributed by atoms with Crippen molar-refractivity contribution in [2.75, 3.05) is 10.6 Å². The minimum atomic E-state index is -0.634. The third kappa shape index (κ3) is 3.43. The Hall–Kier alpha value is -3.15. The lowest BCUT2D eigenvalue weighted by Gasteiger charge is -2.24. The van der Waals surface area contributed by atoms with Gasteiger partial charge in [0.05, 0.1) is 5.92 Å². The molecule has 2 aromatic rings. The second-order valence-electron chi connectivity index (χ2n) is 5.52. The first-order valence-corrected chi connectivity index (χ1v) is 7.51. The molecule has 0 radical (unpaired) electrons. The first kappa shape index (κ1) is 15.7. The van der Waals surface area contributed by atoms with Crippen LogP contribution in [0.15, 0.2) is 48.5 Å². The lowest BCUT2D eigenvalue weighted by molar-refractivity contribution is -0.138. The molecule has 2 aromatic carbocycles. The van der Waals surface area contributed by atoms with Crippen molar-refractivity contribution in [3.63, 3.8) is 0 Å². The molecule has 1 unspecified atom stereocenters. The highest BCUT2D eigenvalue weighted by molar-refractivity contribution is 6.00. The minimum absolute atomic E-state index is 0.0554. The predicted octanol–water partition coefficient (Wildman–Crippen LogP) is 2.68. The summed E-state index contributed by atoms with van der Waals surface area (Å²) in [5.41, 5.74) is 2.00. The standard InChI is InChI=1S/C18H16N2O4/c1-11(21)19-12-6-8-13(9-7-12)24-18(23)15-10-17(22)20-16-5-3-2-4-14(15)16/h2-9,15H,10H2,1H3,(H,19,21)(H,20,22). The summed E-state index contributed by atoms with van der Waals surface area (Å²) in [4.78, 5) is 35.2. The Bertz CT molecular complexity index is 799. The van der Waals surface area contributed by atoms with Crippen LogP contribution < -0.4 is 15.4 Å². The summed E-state index contributed by atoms with van der Waals surface area (Å²) in [5, 5.41) is 5.38. The maximum Gasteiger partial charge on any atom is 0.319 e. The summed E-state index contributed by atoms with van der Waals surface area (Å²) in [6.45, 7) is 1.42. The number of anilines is 2. The average molecular weight is 324 g/mol. The van der Waals surface area contributed by atoms with E-state index < -0.39 is 11.9 Å². The summed E-state index contributed by atoms with van der Waals surface area (Å²) in [6.07, 6.45) is 0.0554. The van der Waals surface area contributed by atoms with E-state index in [4.69, 9.17) is 4.74 Å². The fourth-order valence-electron chi connectivity index (χ4n) is 2.62. The fourth-order valence-corrected chi connectivity index (χ4v) is 2.62. The monoisotopic (exact) mass is 324 g/mol. The van der Waals surface area contributed by atoms with Gasteiger partial charge in [-0.25, -0.2) is 0 Å². The van der Waals surface area contributed by atoms with Crippen LogP contribution in [0.2, 0.25) is 0 Å². The number of fused-ring (bicyclic) bond motifs is 1. The van der Waals surface area contributed by atoms with E-state index in [1.165, 1.54) is 6.92 Å². The molecule has 1 aliphatic rings. The van der Waals surface area contributed by atoms with Crippen molar-refractivity contribution in [1.29, 1.82) is 0 Å². The van der Waals surface area contributed by atoms with Crippen LogP contribution in [0.1, 0.15) is 24.8 Å². The topological polar surface area (TPSA) is 84.5 Å². The molecule has 1 heterocycles. The molecule has 0 saturated heterocycles. The SMILES string of the molecule is CC(=O)Nc1ccc(OC(=O)C2CC(=O)Nc3ccccc32)cc1. The number of carbonyl (C=O) groups excluding carboxylic acids is 3. The molecule has 1 atom stereocenters. The molecule has 2 N–H and O–H groups in total. The number of amides is 2. The Kier molecular flexibility index (Phi) is 4.29. The molecule has 1 aliphatic heterocycles. The van der Waals surface area contributed by atoms with Crippen molar-refractivity contribution < 1.29 is 19.1 Å². The van der Waals surface area contributed by atoms with E-state index in [1.807, 2.05) is 6.07 Å². The second-order valence-corrected chi connectivity index (χ2v) is 5.52. The number of benzene rings is 2. The first-order valence-electron chi connectivity index (χ1n) is 7.51. The van der Waals surface area contributed by atoms with Crippen molar-refractivity contribution in [2.24, 2.45) is 0 Å². The van der Waals surface area contributed by atoms with Crippen LogP contribution in [0.3, 0.4) is 0 Å². The number of esters is 1. The van der Waals surface area contributed by atoms with Crippen LogP contribution in [0.4, 0.5) is 11.4 Å². The van der Waals surface area contributed by atoms with Crippen molar-refractivity contribution in [3.8, 4) is 5.75 Å². The Labute approximate surface area is 138 Å². The summed E-state index contributed by atoms with van der Waals surface area (Å²) in [7, 11) is 0. The van der Waals surface area contributed by atoms with Crippen molar-refractivity contribution in [1.82, 2.24) is 0 Å². The highest BCUT2D eigenvalue weighted by Crippen LogP contribution is 2.33. The molecule has 0 aromatic heterocycles. The fraction of sp³-hybridized carbons (Fsp3) is 0.167. The number of carbonyl (C=O) groups is 3. The lowest BCUT2D eigenvalue weighted by atomic mass is 9.91. The van der Waals surface area contributed by atoms with E-state index >= 15 is 0 Å². The molecular formula is C18H16N2O4. The highest BCUT2D eigenvalue weighted by atomic mass is 16.5. The molecule has 0 aliphatic carbocycles. The zero-order chi connectivity index (χ0) is 17.1. The number of rotatable bonds is 3. The van der Waals surface area contributed by atoms with Gasteiger partial charge in [-0.05, 0) is 35.9 Å². The van der Waals surface area contributed by atoms with Crippen LogP contribution in [-0.2, 0) is 14.4 Å². The molecule has 0 bridgehead atoms. The summed E-state index contributed by atoms with van der Waals surface area (Å²) in [6, 6.07) is 13.7. The van der Waals surface area contributed by atoms with Gasteiger partial charge in [-0.1, -0.05) is 18.2 Å². The van der Waals surface area contributed by atoms with Crippen molar-refractivity contribution in [3.05, 3.63) is 54.1 Å². The van der Waals surface area contributed by atoms with Gasteiger partial charge in [-0.3, -0.25) is 14.4 Å². The smallest absolute Gasteiger partial charge is 0.319 e. The lowest BCUT2D eigenvalue weighted by Crippen LogP contribution is -2.29. The van der Waals surface area contributed by atoms with Crippen LogP contribution in [0, 0.1) is 0 Å². The van der Waals surface area contributed by atoms with Gasteiger partial charge in [0, 0.05) is 24.7 Å². The molecule has 0 fully saturated rings. The molecule has 2 amide bonds. The van der Waals surface area contributed by atoms with Gasteiger partial charge in [0.1, 0.15) is 5.75 Å². The molecule has 3 rings (SSSR count). The maximum absolute atomic E-state index is 12.5. The van der Waals surface area contributed by atoms with Crippen LogP contribution in [0.25, 0.3) is 0 Å². The maximum atomic E-state index is 12.5. The second kappa shape index (κ2) is 6.54. The quantitative estimate of drug-likeness (QED) is 0.671. The van der Waals surface area contributed by atoms with Gasteiger partial charge in [-0.2, -0.15) is 0 Å². The van der Waals surface area contributed by atoms with Crippen molar-refractivity contribution in [2.45, 2.75) is 19.3 Å². The van der Waals surface area contributed by atoms with E-state index in [1.54, 1.807) is 42.5 Å². The van der Waals surface area contributed by atoms with E-state index in [0.29, 0.717) is 17.1 Å². The molecule has 122 valence electrons. The third-order valence-corrected chi connectivity index (χ3v) is 3.68. The highest BCUT2D eigenvalue weighted by Gasteiger charge is 2.31. The van der Waals surface area contributed by atoms with Gasteiger partial charge >= 0.3 is 5.97 Å². The Morgan fingerprint density at radius 3 is 2.54 bits per heavy atom. The zero-order valence-corrected chi connectivity index (χ0v) is 13.0. The third-order valence-electron chi connectivity index (χ3n) is 3.68. The van der Waals surface area contributed by atoms with E-state index in [9.17, 15) is 14.4 Å². The number of ether oxygens (including phenoxy) is 1. The average Bonchev–Trinajstić information content (AvgIpc) is 2.55. The van der Waals surface area contributed by atoms with Gasteiger partial charge in [-0.15, -0.1) is 0 Å². The van der Waals surface area contributed by atoms with Gasteiger partial charge in [0.25, 0.3) is 0 Å². The summed E-state index contributed by atoms with van der Waals surface area (Å²) >= 11 is 0. The number of para-hydroxylation sites is 1. The van der Waals surface area contributed by atoms with Crippen LogP contribution >= 0.6 is 0 Å². The van der Waals surface area contributed by atoms with E-state index in [2.05, 4.69) is 10.6 Å². The van der Waals surface area contributed by atoms with E-state index in [-0.39, 0.29) is 18.2 Å². The zero-order valence-electron chi connectivity index (χ0n) is 13.0. The Balaban J connectivity index is 1.75. The Morgan fingerprint density at radius 1 is 1.12 bits per heavy atom. The molecule has 6 heteroatoms. The van der Waals surface area contributed by atoms with Crippen LogP contribution in [-0.4, -0.2) is 17.8 Å². The summed E-state index contributed by atoms with van der Waals surface area (Å²) < 4.78 is 5.39. The van der Waals surface area contributed by atoms with E-state index in [0.717, 1.165) is 5.56 Å². The first-order chi connectivity index (χ1) is 11.5. The molecule has 6 nitrogen and oxygen atoms in total. The van der Waals surface area contributed by atoms with Gasteiger partial charge in [0.2, 0.25) is 11.8 Å². The predicted molar refractivity (Wildman–Crippen MR) is 88.8 cm³/mol. The summed E-state index contributed by atoms with van der Waals surface area (Å²) in [5.74, 6) is -1.15. The number of nitrogens with one attached hydrogen (secondary N) is 2. The molecule has 0 saturated carbocycles. The molecule has 24 heavy (non-hydrogen) atoms. The number of hydrogen-bond acceptors (Lipinski definition) is 4. The van der Waals surface area contributed by atoms with Crippen LogP contribution in [0.5, 0.6) is 5.75 Å². The molecular weight excluding hydrogens is 308 g/mol. The minimum Gasteiger partial charge on any atom is -0.426 e. The van der Waals surface area contributed by atoms with Crippen molar-refractivity contribution >= 4 is 29.2 Å².